The topological polar surface area (TPSA) is 108 Å². The Hall–Kier alpha value is -1.96. The van der Waals surface area contributed by atoms with Gasteiger partial charge in [-0.15, -0.1) is 11.3 Å². The molecule has 0 saturated heterocycles. The van der Waals surface area contributed by atoms with Gasteiger partial charge in [0.15, 0.2) is 5.13 Å². The second-order valence-electron chi connectivity index (χ2n) is 6.10. The van der Waals surface area contributed by atoms with E-state index in [4.69, 9.17) is 5.11 Å². The molecular weight excluding hydrogens is 318 g/mol. The standard InChI is InChI=1S/C15H21N3O4S/c1-8(2)13(20)18-15-16-10(7-23-15)6-12(19)17-11(14(21)22)5-9-3-4-9/h7-9,11H,3-6H2,1-2H3,(H,17,19)(H,21,22)(H,16,18,20). The van der Waals surface area contributed by atoms with Crippen molar-refractivity contribution in [2.45, 2.75) is 45.6 Å². The van der Waals surface area contributed by atoms with Gasteiger partial charge in [0.2, 0.25) is 11.8 Å². The third-order valence-electron chi connectivity index (χ3n) is 3.55. The molecule has 1 heterocycles. The quantitative estimate of drug-likeness (QED) is 0.667. The van der Waals surface area contributed by atoms with Gasteiger partial charge >= 0.3 is 5.97 Å². The van der Waals surface area contributed by atoms with Crippen LogP contribution in [0.25, 0.3) is 0 Å². The van der Waals surface area contributed by atoms with Crippen molar-refractivity contribution < 1.29 is 19.5 Å². The second-order valence-corrected chi connectivity index (χ2v) is 6.96. The molecule has 2 rings (SSSR count). The number of thiazole rings is 1. The van der Waals surface area contributed by atoms with E-state index >= 15 is 0 Å². The second kappa shape index (κ2) is 7.54. The smallest absolute Gasteiger partial charge is 0.326 e. The van der Waals surface area contributed by atoms with Gasteiger partial charge in [0.25, 0.3) is 0 Å². The Labute approximate surface area is 138 Å². The zero-order valence-corrected chi connectivity index (χ0v) is 14.0. The van der Waals surface area contributed by atoms with Gasteiger partial charge in [-0.25, -0.2) is 9.78 Å². The summed E-state index contributed by atoms with van der Waals surface area (Å²) in [6.07, 6.45) is 2.55. The van der Waals surface area contributed by atoms with Crippen molar-refractivity contribution in [3.05, 3.63) is 11.1 Å². The predicted octanol–water partition coefficient (Wildman–Crippen LogP) is 1.65. The van der Waals surface area contributed by atoms with Crippen molar-refractivity contribution in [1.29, 1.82) is 0 Å². The summed E-state index contributed by atoms with van der Waals surface area (Å²) < 4.78 is 0. The lowest BCUT2D eigenvalue weighted by Crippen LogP contribution is -2.41. The number of nitrogens with zero attached hydrogens (tertiary/aromatic N) is 1. The van der Waals surface area contributed by atoms with Crippen molar-refractivity contribution in [3.8, 4) is 0 Å². The van der Waals surface area contributed by atoms with Gasteiger partial charge in [-0.2, -0.15) is 0 Å². The van der Waals surface area contributed by atoms with Gasteiger partial charge < -0.3 is 15.7 Å². The van der Waals surface area contributed by atoms with E-state index in [0.717, 1.165) is 12.8 Å². The Kier molecular flexibility index (Phi) is 5.70. The van der Waals surface area contributed by atoms with Crippen LogP contribution in [0.15, 0.2) is 5.38 Å². The number of carboxylic acids is 1. The summed E-state index contributed by atoms with van der Waals surface area (Å²) in [7, 11) is 0. The molecule has 0 aromatic carbocycles. The van der Waals surface area contributed by atoms with Crippen LogP contribution in [0, 0.1) is 11.8 Å². The van der Waals surface area contributed by atoms with E-state index in [-0.39, 0.29) is 24.2 Å². The number of aromatic nitrogens is 1. The van der Waals surface area contributed by atoms with Gasteiger partial charge in [-0.1, -0.05) is 26.7 Å². The average Bonchev–Trinajstić information content (AvgIpc) is 3.18. The Balaban J connectivity index is 1.85. The first-order valence-electron chi connectivity index (χ1n) is 7.62. The lowest BCUT2D eigenvalue weighted by Gasteiger charge is -2.13. The lowest BCUT2D eigenvalue weighted by molar-refractivity contribution is -0.142. The summed E-state index contributed by atoms with van der Waals surface area (Å²) in [5.41, 5.74) is 0.516. The van der Waals surface area contributed by atoms with E-state index in [0.29, 0.717) is 23.2 Å². The van der Waals surface area contributed by atoms with Crippen molar-refractivity contribution in [2.75, 3.05) is 5.32 Å². The number of amides is 2. The number of rotatable bonds is 8. The fourth-order valence-corrected chi connectivity index (χ4v) is 2.73. The van der Waals surface area contributed by atoms with E-state index < -0.39 is 12.0 Å². The Morgan fingerprint density at radius 1 is 1.39 bits per heavy atom. The number of anilines is 1. The van der Waals surface area contributed by atoms with Crippen molar-refractivity contribution in [3.63, 3.8) is 0 Å². The minimum atomic E-state index is -1.01. The minimum absolute atomic E-state index is 0.00248. The maximum absolute atomic E-state index is 12.0. The normalized spacial score (nSPS) is 15.3. The van der Waals surface area contributed by atoms with E-state index in [1.807, 2.05) is 0 Å². The third kappa shape index (κ3) is 5.63. The molecule has 1 aliphatic rings. The highest BCUT2D eigenvalue weighted by molar-refractivity contribution is 7.13. The predicted molar refractivity (Wildman–Crippen MR) is 86.2 cm³/mol. The number of aliphatic carboxylic acids is 1. The van der Waals surface area contributed by atoms with Gasteiger partial charge in [-0.3, -0.25) is 9.59 Å². The first kappa shape index (κ1) is 17.4. The fraction of sp³-hybridized carbons (Fsp3) is 0.600. The first-order valence-corrected chi connectivity index (χ1v) is 8.50. The molecule has 1 atom stereocenters. The molecule has 0 radical (unpaired) electrons. The molecule has 1 aromatic rings. The van der Waals surface area contributed by atoms with Crippen LogP contribution in [0.2, 0.25) is 0 Å². The molecule has 0 aliphatic heterocycles. The molecule has 1 aliphatic carbocycles. The van der Waals surface area contributed by atoms with Crippen LogP contribution in [0.4, 0.5) is 5.13 Å². The summed E-state index contributed by atoms with van der Waals surface area (Å²) in [5.74, 6) is -1.25. The number of nitrogens with one attached hydrogen (secondary N) is 2. The molecule has 0 spiro atoms. The molecule has 7 nitrogen and oxygen atoms in total. The maximum Gasteiger partial charge on any atom is 0.326 e. The van der Waals surface area contributed by atoms with Crippen LogP contribution >= 0.6 is 11.3 Å². The van der Waals surface area contributed by atoms with Crippen molar-refractivity contribution in [2.24, 2.45) is 11.8 Å². The van der Waals surface area contributed by atoms with Gasteiger partial charge in [0, 0.05) is 11.3 Å². The molecular formula is C15H21N3O4S. The van der Waals surface area contributed by atoms with Crippen LogP contribution in [0.5, 0.6) is 0 Å². The summed E-state index contributed by atoms with van der Waals surface area (Å²) in [6.45, 7) is 3.56. The van der Waals surface area contributed by atoms with E-state index in [1.165, 1.54) is 11.3 Å². The Bertz CT molecular complexity index is 595. The number of carboxylic acid groups (broad SMARTS) is 1. The number of carbonyl (C=O) groups excluding carboxylic acids is 2. The highest BCUT2D eigenvalue weighted by atomic mass is 32.1. The number of hydrogen-bond donors (Lipinski definition) is 3. The number of hydrogen-bond acceptors (Lipinski definition) is 5. The van der Waals surface area contributed by atoms with E-state index in [2.05, 4.69) is 15.6 Å². The SMILES string of the molecule is CC(C)C(=O)Nc1nc(CC(=O)NC(CC2CC2)C(=O)O)cs1. The van der Waals surface area contributed by atoms with E-state index in [1.54, 1.807) is 19.2 Å². The molecule has 1 saturated carbocycles. The van der Waals surface area contributed by atoms with Gasteiger partial charge in [-0.05, 0) is 12.3 Å². The van der Waals surface area contributed by atoms with Crippen LogP contribution < -0.4 is 10.6 Å². The summed E-state index contributed by atoms with van der Waals surface area (Å²) >= 11 is 1.24. The monoisotopic (exact) mass is 339 g/mol. The largest absolute Gasteiger partial charge is 0.480 e. The summed E-state index contributed by atoms with van der Waals surface area (Å²) in [6, 6.07) is -0.839. The molecule has 2 amide bonds. The molecule has 1 fully saturated rings. The number of carbonyl (C=O) groups is 3. The maximum atomic E-state index is 12.0. The molecule has 3 N–H and O–H groups in total. The van der Waals surface area contributed by atoms with Crippen LogP contribution in [-0.4, -0.2) is 33.9 Å². The fourth-order valence-electron chi connectivity index (χ4n) is 2.01. The highest BCUT2D eigenvalue weighted by Crippen LogP contribution is 2.33. The average molecular weight is 339 g/mol. The zero-order valence-electron chi connectivity index (χ0n) is 13.2. The van der Waals surface area contributed by atoms with Crippen LogP contribution in [0.1, 0.15) is 38.8 Å². The van der Waals surface area contributed by atoms with Gasteiger partial charge in [0.05, 0.1) is 12.1 Å². The summed E-state index contributed by atoms with van der Waals surface area (Å²) in [5, 5.41) is 16.5. The first-order chi connectivity index (χ1) is 10.8. The van der Waals surface area contributed by atoms with E-state index in [9.17, 15) is 14.4 Å². The molecule has 126 valence electrons. The van der Waals surface area contributed by atoms with Crippen molar-refractivity contribution in [1.82, 2.24) is 10.3 Å². The summed E-state index contributed by atoms with van der Waals surface area (Å²) in [4.78, 5) is 38.9. The minimum Gasteiger partial charge on any atom is -0.480 e. The lowest BCUT2D eigenvalue weighted by atomic mass is 10.1. The molecule has 0 bridgehead atoms. The molecule has 23 heavy (non-hydrogen) atoms. The van der Waals surface area contributed by atoms with Gasteiger partial charge in [0.1, 0.15) is 6.04 Å². The molecule has 8 heteroatoms. The highest BCUT2D eigenvalue weighted by Gasteiger charge is 2.30. The zero-order chi connectivity index (χ0) is 17.0. The Morgan fingerprint density at radius 2 is 2.09 bits per heavy atom. The van der Waals surface area contributed by atoms with Crippen LogP contribution in [0.3, 0.4) is 0 Å². The molecule has 1 unspecified atom stereocenters. The molecule has 1 aromatic heterocycles. The Morgan fingerprint density at radius 3 is 2.65 bits per heavy atom. The van der Waals surface area contributed by atoms with Crippen molar-refractivity contribution >= 4 is 34.3 Å². The van der Waals surface area contributed by atoms with Crippen LogP contribution in [-0.2, 0) is 20.8 Å². The third-order valence-corrected chi connectivity index (χ3v) is 4.35.